The van der Waals surface area contributed by atoms with E-state index < -0.39 is 0 Å². The van der Waals surface area contributed by atoms with Gasteiger partial charge >= 0.3 is 0 Å². The van der Waals surface area contributed by atoms with Crippen molar-refractivity contribution < 1.29 is 9.18 Å². The van der Waals surface area contributed by atoms with Crippen LogP contribution in [-0.2, 0) is 12.8 Å². The van der Waals surface area contributed by atoms with E-state index >= 15 is 0 Å². The number of benzene rings is 1. The van der Waals surface area contributed by atoms with Crippen LogP contribution in [0, 0.1) is 5.82 Å². The smallest absolute Gasteiger partial charge is 0.268 e. The zero-order valence-corrected chi connectivity index (χ0v) is 12.9. The van der Waals surface area contributed by atoms with Gasteiger partial charge in [-0.15, -0.1) is 11.3 Å². The van der Waals surface area contributed by atoms with Gasteiger partial charge in [0.05, 0.1) is 4.88 Å². The van der Waals surface area contributed by atoms with Crippen LogP contribution in [0.5, 0.6) is 0 Å². The van der Waals surface area contributed by atoms with Crippen LogP contribution in [0.25, 0.3) is 0 Å². The molecular formula is C17H18FNOS. The maximum Gasteiger partial charge on any atom is 0.268 e. The monoisotopic (exact) mass is 303 g/mol. The molecule has 1 aliphatic rings. The Balaban J connectivity index is 1.88. The number of hydrogen-bond donors (Lipinski definition) is 0. The van der Waals surface area contributed by atoms with Gasteiger partial charge in [-0.25, -0.2) is 4.39 Å². The van der Waals surface area contributed by atoms with Crippen molar-refractivity contribution in [2.45, 2.75) is 32.6 Å². The van der Waals surface area contributed by atoms with Crippen LogP contribution in [-0.4, -0.2) is 12.5 Å². The van der Waals surface area contributed by atoms with E-state index in [-0.39, 0.29) is 11.7 Å². The third-order valence-electron chi connectivity index (χ3n) is 3.91. The second kappa shape index (κ2) is 5.98. The maximum absolute atomic E-state index is 13.0. The van der Waals surface area contributed by atoms with E-state index in [2.05, 4.69) is 0 Å². The fourth-order valence-electron chi connectivity index (χ4n) is 2.79. The van der Waals surface area contributed by atoms with E-state index in [0.29, 0.717) is 6.54 Å². The molecule has 0 unspecified atom stereocenters. The molecule has 0 atom stereocenters. The van der Waals surface area contributed by atoms with Crippen LogP contribution in [0.15, 0.2) is 30.3 Å². The lowest BCUT2D eigenvalue weighted by Crippen LogP contribution is -2.29. The van der Waals surface area contributed by atoms with Crippen LogP contribution in [0.1, 0.15) is 39.9 Å². The van der Waals surface area contributed by atoms with Crippen molar-refractivity contribution in [2.75, 3.05) is 11.4 Å². The van der Waals surface area contributed by atoms with E-state index in [0.717, 1.165) is 23.4 Å². The van der Waals surface area contributed by atoms with E-state index in [4.69, 9.17) is 0 Å². The minimum atomic E-state index is -0.283. The van der Waals surface area contributed by atoms with Gasteiger partial charge in [0.15, 0.2) is 0 Å². The van der Waals surface area contributed by atoms with Gasteiger partial charge in [0.25, 0.3) is 5.91 Å². The average molecular weight is 303 g/mol. The third-order valence-corrected chi connectivity index (χ3v) is 5.13. The van der Waals surface area contributed by atoms with Gasteiger partial charge in [-0.3, -0.25) is 4.79 Å². The van der Waals surface area contributed by atoms with Gasteiger partial charge in [0, 0.05) is 17.1 Å². The molecule has 0 bridgehead atoms. The predicted octanol–water partition coefficient (Wildman–Crippen LogP) is 4.43. The van der Waals surface area contributed by atoms with E-state index in [9.17, 15) is 9.18 Å². The van der Waals surface area contributed by atoms with Gasteiger partial charge in [-0.1, -0.05) is 0 Å². The Kier molecular flexibility index (Phi) is 4.06. The van der Waals surface area contributed by atoms with E-state index in [1.807, 2.05) is 13.0 Å². The number of fused-ring (bicyclic) bond motifs is 1. The molecule has 110 valence electrons. The number of hydrogen-bond acceptors (Lipinski definition) is 2. The molecule has 21 heavy (non-hydrogen) atoms. The predicted molar refractivity (Wildman–Crippen MR) is 84.7 cm³/mol. The molecule has 1 aromatic carbocycles. The molecule has 1 aliphatic carbocycles. The van der Waals surface area contributed by atoms with Gasteiger partial charge < -0.3 is 4.90 Å². The first-order chi connectivity index (χ1) is 10.2. The molecule has 0 radical (unpaired) electrons. The fraction of sp³-hybridized carbons (Fsp3) is 0.353. The highest BCUT2D eigenvalue weighted by Crippen LogP contribution is 2.31. The number of aryl methyl sites for hydroxylation is 2. The number of carbonyl (C=O) groups is 1. The van der Waals surface area contributed by atoms with Crippen molar-refractivity contribution in [1.29, 1.82) is 0 Å². The molecule has 0 N–H and O–H groups in total. The standard InChI is InChI=1S/C17H18FNOS/c1-2-19(14-9-7-13(18)8-10-14)17(20)16-11-12-5-3-4-6-15(12)21-16/h7-11H,2-6H2,1H3. The lowest BCUT2D eigenvalue weighted by molar-refractivity contribution is 0.0992. The van der Waals surface area contributed by atoms with Gasteiger partial charge in [-0.2, -0.15) is 0 Å². The summed E-state index contributed by atoms with van der Waals surface area (Å²) in [5.74, 6) is -0.266. The number of amides is 1. The Morgan fingerprint density at radius 3 is 2.62 bits per heavy atom. The molecule has 1 amide bonds. The summed E-state index contributed by atoms with van der Waals surface area (Å²) in [7, 11) is 0. The second-order valence-electron chi connectivity index (χ2n) is 5.29. The minimum Gasteiger partial charge on any atom is -0.308 e. The number of halogens is 1. The molecule has 1 aromatic heterocycles. The molecular weight excluding hydrogens is 285 g/mol. The lowest BCUT2D eigenvalue weighted by atomic mass is 9.99. The quantitative estimate of drug-likeness (QED) is 0.821. The van der Waals surface area contributed by atoms with Crippen molar-refractivity contribution in [2.24, 2.45) is 0 Å². The molecule has 2 aromatic rings. The van der Waals surface area contributed by atoms with Crippen molar-refractivity contribution in [1.82, 2.24) is 0 Å². The van der Waals surface area contributed by atoms with Crippen LogP contribution in [0.2, 0.25) is 0 Å². The van der Waals surface area contributed by atoms with Crippen LogP contribution < -0.4 is 4.90 Å². The van der Waals surface area contributed by atoms with Gasteiger partial charge in [0.2, 0.25) is 0 Å². The Morgan fingerprint density at radius 1 is 1.24 bits per heavy atom. The second-order valence-corrected chi connectivity index (χ2v) is 6.43. The summed E-state index contributed by atoms with van der Waals surface area (Å²) < 4.78 is 13.0. The van der Waals surface area contributed by atoms with Crippen molar-refractivity contribution in [3.05, 3.63) is 51.5 Å². The highest BCUT2D eigenvalue weighted by Gasteiger charge is 2.21. The first-order valence-corrected chi connectivity index (χ1v) is 8.19. The summed E-state index contributed by atoms with van der Waals surface area (Å²) in [5, 5.41) is 0. The molecule has 2 nitrogen and oxygen atoms in total. The minimum absolute atomic E-state index is 0.0171. The summed E-state index contributed by atoms with van der Waals surface area (Å²) >= 11 is 1.62. The summed E-state index contributed by atoms with van der Waals surface area (Å²) in [6.45, 7) is 2.52. The molecule has 0 saturated carbocycles. The zero-order chi connectivity index (χ0) is 14.8. The highest BCUT2D eigenvalue weighted by molar-refractivity contribution is 7.14. The maximum atomic E-state index is 13.0. The number of anilines is 1. The SMILES string of the molecule is CCN(C(=O)c1cc2c(s1)CCCC2)c1ccc(F)cc1. The Bertz CT molecular complexity index is 624. The molecule has 0 spiro atoms. The number of carbonyl (C=O) groups excluding carboxylic acids is 1. The van der Waals surface area contributed by atoms with Crippen LogP contribution >= 0.6 is 11.3 Å². The largest absolute Gasteiger partial charge is 0.308 e. The van der Waals surface area contributed by atoms with E-state index in [1.165, 1.54) is 35.4 Å². The van der Waals surface area contributed by atoms with Crippen LogP contribution in [0.4, 0.5) is 10.1 Å². The Hall–Kier alpha value is -1.68. The van der Waals surface area contributed by atoms with Gasteiger partial charge in [0.1, 0.15) is 5.82 Å². The van der Waals surface area contributed by atoms with Gasteiger partial charge in [-0.05, 0) is 68.5 Å². The summed E-state index contributed by atoms with van der Waals surface area (Å²) in [5.41, 5.74) is 2.08. The number of thiophene rings is 1. The van der Waals surface area contributed by atoms with Crippen molar-refractivity contribution in [3.8, 4) is 0 Å². The summed E-state index contributed by atoms with van der Waals surface area (Å²) in [6, 6.07) is 8.15. The number of nitrogens with zero attached hydrogens (tertiary/aromatic N) is 1. The van der Waals surface area contributed by atoms with Crippen molar-refractivity contribution >= 4 is 22.9 Å². The Morgan fingerprint density at radius 2 is 1.95 bits per heavy atom. The first kappa shape index (κ1) is 14.3. The molecule has 0 aliphatic heterocycles. The highest BCUT2D eigenvalue weighted by atomic mass is 32.1. The molecule has 1 heterocycles. The summed E-state index contributed by atoms with van der Waals surface area (Å²) in [4.78, 5) is 16.6. The normalized spacial score (nSPS) is 13.8. The summed E-state index contributed by atoms with van der Waals surface area (Å²) in [6.07, 6.45) is 4.61. The average Bonchev–Trinajstić information content (AvgIpc) is 2.93. The first-order valence-electron chi connectivity index (χ1n) is 7.38. The fourth-order valence-corrected chi connectivity index (χ4v) is 4.00. The Labute approximate surface area is 128 Å². The zero-order valence-electron chi connectivity index (χ0n) is 12.1. The lowest BCUT2D eigenvalue weighted by Gasteiger charge is -2.20. The van der Waals surface area contributed by atoms with Crippen molar-refractivity contribution in [3.63, 3.8) is 0 Å². The van der Waals surface area contributed by atoms with E-state index in [1.54, 1.807) is 28.4 Å². The molecule has 4 heteroatoms. The molecule has 0 fully saturated rings. The molecule has 3 rings (SSSR count). The third kappa shape index (κ3) is 2.86. The van der Waals surface area contributed by atoms with Crippen LogP contribution in [0.3, 0.4) is 0 Å². The molecule has 0 saturated heterocycles. The number of rotatable bonds is 3. The topological polar surface area (TPSA) is 20.3 Å².